The first-order chi connectivity index (χ1) is 26.8. The normalized spacial score (nSPS) is 12.9. The van der Waals surface area contributed by atoms with Gasteiger partial charge in [-0.1, -0.05) is 140 Å². The lowest BCUT2D eigenvalue weighted by Crippen LogP contribution is -2.16. The molecule has 0 amide bonds. The van der Waals surface area contributed by atoms with Crippen molar-refractivity contribution in [2.75, 3.05) is 4.90 Å². The molecular weight excluding hydrogens is 665 g/mol. The second kappa shape index (κ2) is 12.7. The van der Waals surface area contributed by atoms with E-state index in [2.05, 4.69) is 219 Å². The van der Waals surface area contributed by atoms with Crippen molar-refractivity contribution in [2.24, 2.45) is 0 Å². The second-order valence-corrected chi connectivity index (χ2v) is 15.6. The van der Waals surface area contributed by atoms with E-state index in [0.29, 0.717) is 0 Å². The summed E-state index contributed by atoms with van der Waals surface area (Å²) < 4.78 is 2.37. The topological polar surface area (TPSA) is 8.17 Å². The highest BCUT2D eigenvalue weighted by Gasteiger charge is 2.35. The minimum Gasteiger partial charge on any atom is -0.310 e. The Hall–Kier alpha value is -6.64. The lowest BCUT2D eigenvalue weighted by Gasteiger charge is -2.28. The van der Waals surface area contributed by atoms with Crippen LogP contribution in [0.15, 0.2) is 182 Å². The van der Waals surface area contributed by atoms with Gasteiger partial charge in [0.05, 0.1) is 11.0 Å². The van der Waals surface area contributed by atoms with E-state index >= 15 is 0 Å². The highest BCUT2D eigenvalue weighted by atomic mass is 15.1. The smallest absolute Gasteiger partial charge is 0.0541 e. The quantitative estimate of drug-likeness (QED) is 0.167. The molecule has 2 heteroatoms. The molecule has 0 saturated carbocycles. The summed E-state index contributed by atoms with van der Waals surface area (Å²) in [4.78, 5) is 2.41. The third-order valence-corrected chi connectivity index (χ3v) is 11.7. The van der Waals surface area contributed by atoms with Gasteiger partial charge in [-0.2, -0.15) is 0 Å². The summed E-state index contributed by atoms with van der Waals surface area (Å²) in [6.45, 7) is 9.05. The van der Waals surface area contributed by atoms with Crippen LogP contribution in [0.5, 0.6) is 0 Å². The molecule has 8 aromatic carbocycles. The van der Waals surface area contributed by atoms with Gasteiger partial charge in [0.2, 0.25) is 0 Å². The number of benzene rings is 8. The van der Waals surface area contributed by atoms with E-state index in [0.717, 1.165) is 17.1 Å². The van der Waals surface area contributed by atoms with Crippen LogP contribution in [0.2, 0.25) is 0 Å². The van der Waals surface area contributed by atoms with Crippen molar-refractivity contribution in [2.45, 2.75) is 33.1 Å². The third-order valence-electron chi connectivity index (χ3n) is 11.7. The van der Waals surface area contributed by atoms with Crippen molar-refractivity contribution >= 4 is 38.9 Å². The maximum absolute atomic E-state index is 2.41. The summed E-state index contributed by atoms with van der Waals surface area (Å²) in [5.74, 6) is 0. The van der Waals surface area contributed by atoms with Crippen LogP contribution in [0.25, 0.3) is 60.9 Å². The first kappa shape index (κ1) is 33.0. The monoisotopic (exact) mass is 706 g/mol. The van der Waals surface area contributed by atoms with Crippen LogP contribution >= 0.6 is 0 Å². The van der Waals surface area contributed by atoms with Gasteiger partial charge >= 0.3 is 0 Å². The van der Waals surface area contributed by atoms with E-state index in [1.165, 1.54) is 83.1 Å². The van der Waals surface area contributed by atoms with Crippen LogP contribution in [0.4, 0.5) is 17.1 Å². The molecule has 2 nitrogen and oxygen atoms in total. The molecule has 0 fully saturated rings. The number of aromatic nitrogens is 1. The highest BCUT2D eigenvalue weighted by molar-refractivity contribution is 6.10. The van der Waals surface area contributed by atoms with Gasteiger partial charge in [-0.15, -0.1) is 0 Å². The molecule has 0 radical (unpaired) electrons. The Morgan fingerprint density at radius 1 is 0.400 bits per heavy atom. The number of rotatable bonds is 6. The van der Waals surface area contributed by atoms with Crippen molar-refractivity contribution in [1.82, 2.24) is 4.57 Å². The maximum atomic E-state index is 2.41. The number of nitrogens with zero attached hydrogens (tertiary/aromatic N) is 2. The number of fused-ring (bicyclic) bond motifs is 6. The minimum atomic E-state index is -0.0906. The van der Waals surface area contributed by atoms with Crippen LogP contribution in [0.3, 0.4) is 0 Å². The van der Waals surface area contributed by atoms with Crippen molar-refractivity contribution in [1.29, 1.82) is 0 Å². The molecule has 0 bridgehead atoms. The number of aryl methyl sites for hydroxylation is 2. The van der Waals surface area contributed by atoms with E-state index in [1.807, 2.05) is 0 Å². The Bertz CT molecular complexity index is 2870. The molecule has 0 spiro atoms. The Morgan fingerprint density at radius 2 is 0.964 bits per heavy atom. The number of hydrogen-bond donors (Lipinski definition) is 0. The van der Waals surface area contributed by atoms with Crippen LogP contribution in [-0.4, -0.2) is 4.57 Å². The molecule has 1 aliphatic rings. The molecule has 55 heavy (non-hydrogen) atoms. The third kappa shape index (κ3) is 5.48. The van der Waals surface area contributed by atoms with Gasteiger partial charge in [0.1, 0.15) is 0 Å². The summed E-state index contributed by atoms with van der Waals surface area (Å²) in [5.41, 5.74) is 19.8. The lowest BCUT2D eigenvalue weighted by atomic mass is 9.82. The predicted molar refractivity (Wildman–Crippen MR) is 233 cm³/mol. The zero-order chi connectivity index (χ0) is 37.3. The Balaban J connectivity index is 1.07. The molecule has 1 aliphatic carbocycles. The molecule has 0 N–H and O–H groups in total. The van der Waals surface area contributed by atoms with E-state index < -0.39 is 0 Å². The summed E-state index contributed by atoms with van der Waals surface area (Å²) >= 11 is 0. The number of anilines is 3. The second-order valence-electron chi connectivity index (χ2n) is 15.6. The number of hydrogen-bond acceptors (Lipinski definition) is 1. The molecular formula is C53H42N2. The van der Waals surface area contributed by atoms with Crippen molar-refractivity contribution in [3.63, 3.8) is 0 Å². The molecule has 10 rings (SSSR count). The largest absolute Gasteiger partial charge is 0.310 e. The zero-order valence-corrected chi connectivity index (χ0v) is 31.7. The van der Waals surface area contributed by atoms with Crippen molar-refractivity contribution in [3.8, 4) is 39.1 Å². The van der Waals surface area contributed by atoms with Crippen LogP contribution < -0.4 is 4.90 Å². The molecule has 264 valence electrons. The summed E-state index contributed by atoms with van der Waals surface area (Å²) in [6, 6.07) is 67.1. The van der Waals surface area contributed by atoms with Gasteiger partial charge in [0, 0.05) is 38.9 Å². The fourth-order valence-electron chi connectivity index (χ4n) is 9.03. The van der Waals surface area contributed by atoms with E-state index in [-0.39, 0.29) is 5.41 Å². The molecule has 0 saturated heterocycles. The summed E-state index contributed by atoms with van der Waals surface area (Å²) in [6.07, 6.45) is 0. The molecule has 0 aliphatic heterocycles. The fourth-order valence-corrected chi connectivity index (χ4v) is 9.03. The Labute approximate surface area is 323 Å². The summed E-state index contributed by atoms with van der Waals surface area (Å²) in [7, 11) is 0. The lowest BCUT2D eigenvalue weighted by molar-refractivity contribution is 0.660. The van der Waals surface area contributed by atoms with Crippen LogP contribution in [-0.2, 0) is 5.41 Å². The van der Waals surface area contributed by atoms with Crippen molar-refractivity contribution in [3.05, 3.63) is 204 Å². The first-order valence-corrected chi connectivity index (χ1v) is 19.3. The van der Waals surface area contributed by atoms with E-state index in [4.69, 9.17) is 0 Å². The molecule has 9 aromatic rings. The first-order valence-electron chi connectivity index (χ1n) is 19.3. The Kier molecular flexibility index (Phi) is 7.64. The molecule has 1 aromatic heterocycles. The van der Waals surface area contributed by atoms with Crippen molar-refractivity contribution < 1.29 is 0 Å². The van der Waals surface area contributed by atoms with E-state index in [1.54, 1.807) is 0 Å². The fraction of sp³-hybridized carbons (Fsp3) is 0.0943. The maximum Gasteiger partial charge on any atom is 0.0541 e. The highest BCUT2D eigenvalue weighted by Crippen LogP contribution is 2.50. The van der Waals surface area contributed by atoms with Gasteiger partial charge in [0.15, 0.2) is 0 Å². The minimum absolute atomic E-state index is 0.0906. The SMILES string of the molecule is Cc1cc(C)cc(-c2ccc(N(c3ccc(-c4ccc5c(c4)c4ccccc4n5-c4ccccc4)cc3)c3ccc4c(c3)C(C)(C)c3ccccc3-4)cc2)c1. The average Bonchev–Trinajstić information content (AvgIpc) is 3.66. The van der Waals surface area contributed by atoms with Gasteiger partial charge in [-0.25, -0.2) is 0 Å². The number of para-hydroxylation sites is 2. The van der Waals surface area contributed by atoms with Crippen LogP contribution in [0.1, 0.15) is 36.1 Å². The molecule has 1 heterocycles. The van der Waals surface area contributed by atoms with Gasteiger partial charge in [-0.3, -0.25) is 0 Å². The van der Waals surface area contributed by atoms with Gasteiger partial charge < -0.3 is 9.47 Å². The van der Waals surface area contributed by atoms with Crippen LogP contribution in [0, 0.1) is 13.8 Å². The standard InChI is InChI=1S/C53H42N2/c1-35-30-36(2)32-40(31-35)38-20-25-43(26-21-38)54(44-27-28-46-45-14-8-10-16-49(45)53(3,4)50(46)34-44)42-23-18-37(19-24-42)39-22-29-52-48(33-39)47-15-9-11-17-51(47)55(52)41-12-6-5-7-13-41/h5-34H,1-4H3. The Morgan fingerprint density at radius 3 is 1.69 bits per heavy atom. The summed E-state index contributed by atoms with van der Waals surface area (Å²) in [5, 5.41) is 2.52. The molecule has 0 atom stereocenters. The van der Waals surface area contributed by atoms with Gasteiger partial charge in [0.25, 0.3) is 0 Å². The average molecular weight is 707 g/mol. The molecule has 0 unspecified atom stereocenters. The van der Waals surface area contributed by atoms with E-state index in [9.17, 15) is 0 Å². The predicted octanol–water partition coefficient (Wildman–Crippen LogP) is 14.5. The zero-order valence-electron chi connectivity index (χ0n) is 31.7. The van der Waals surface area contributed by atoms with Gasteiger partial charge in [-0.05, 0) is 125 Å².